The van der Waals surface area contributed by atoms with Gasteiger partial charge in [0.15, 0.2) is 11.3 Å². The maximum absolute atomic E-state index is 8.73. The highest BCUT2D eigenvalue weighted by Crippen LogP contribution is 2.27. The molecule has 4 rings (SSSR count). The maximum Gasteiger partial charge on any atom is 0.229 e. The molecule has 0 radical (unpaired) electrons. The van der Waals surface area contributed by atoms with Gasteiger partial charge in [-0.05, 0) is 18.2 Å². The highest BCUT2D eigenvalue weighted by Gasteiger charge is 2.09. The number of aromatic nitrogens is 3. The summed E-state index contributed by atoms with van der Waals surface area (Å²) < 4.78 is 5.60. The Labute approximate surface area is 137 Å². The summed E-state index contributed by atoms with van der Waals surface area (Å²) in [5.74, 6) is 0.564. The van der Waals surface area contributed by atoms with Gasteiger partial charge < -0.3 is 21.0 Å². The van der Waals surface area contributed by atoms with Gasteiger partial charge in [-0.15, -0.1) is 0 Å². The fourth-order valence-corrected chi connectivity index (χ4v) is 1.98. The normalized spacial score (nSPS) is 10.2. The molecule has 7 nitrogen and oxygen atoms in total. The van der Waals surface area contributed by atoms with Crippen LogP contribution in [0.4, 0.5) is 11.4 Å². The first-order valence-corrected chi connectivity index (χ1v) is 7.09. The highest BCUT2D eigenvalue weighted by atomic mass is 16.3. The van der Waals surface area contributed by atoms with E-state index in [4.69, 9.17) is 21.0 Å². The molecule has 0 aliphatic carbocycles. The summed E-state index contributed by atoms with van der Waals surface area (Å²) in [6.45, 7) is 0. The quantitative estimate of drug-likeness (QED) is 0.460. The van der Waals surface area contributed by atoms with E-state index in [9.17, 15) is 0 Å². The van der Waals surface area contributed by atoms with Gasteiger partial charge in [-0.25, -0.2) is 4.98 Å². The third kappa shape index (κ3) is 3.25. The Kier molecular flexibility index (Phi) is 4.24. The zero-order valence-corrected chi connectivity index (χ0v) is 12.6. The number of fused-ring (bicyclic) bond motifs is 1. The topological polar surface area (TPSA) is 124 Å². The SMILES string of the molecule is Nc1ccccc1-c1nc2cnccc2o1.Nc1ccncc1O. The molecule has 0 unspecified atom stereocenters. The first kappa shape index (κ1) is 15.3. The Bertz CT molecular complexity index is 914. The van der Waals surface area contributed by atoms with Crippen LogP contribution in [0.3, 0.4) is 0 Å². The van der Waals surface area contributed by atoms with Crippen molar-refractivity contribution in [2.75, 3.05) is 11.5 Å². The van der Waals surface area contributed by atoms with Gasteiger partial charge in [-0.1, -0.05) is 12.1 Å². The van der Waals surface area contributed by atoms with Crippen LogP contribution in [0.25, 0.3) is 22.6 Å². The number of hydrogen-bond acceptors (Lipinski definition) is 7. The van der Waals surface area contributed by atoms with Crippen LogP contribution in [0.2, 0.25) is 0 Å². The largest absolute Gasteiger partial charge is 0.504 e. The minimum Gasteiger partial charge on any atom is -0.504 e. The monoisotopic (exact) mass is 321 g/mol. The minimum atomic E-state index is 0.0347. The predicted octanol–water partition coefficient (Wildman–Crippen LogP) is 2.84. The number of nitrogens with zero attached hydrogens (tertiary/aromatic N) is 3. The predicted molar refractivity (Wildman–Crippen MR) is 92.0 cm³/mol. The van der Waals surface area contributed by atoms with Gasteiger partial charge in [0.05, 0.1) is 23.6 Å². The van der Waals surface area contributed by atoms with E-state index in [-0.39, 0.29) is 5.75 Å². The molecular formula is C17H15N5O2. The fraction of sp³-hybridized carbons (Fsp3) is 0. The number of aromatic hydroxyl groups is 1. The van der Waals surface area contributed by atoms with Gasteiger partial charge in [0.25, 0.3) is 0 Å². The molecule has 0 spiro atoms. The first-order chi connectivity index (χ1) is 11.6. The van der Waals surface area contributed by atoms with Gasteiger partial charge >= 0.3 is 0 Å². The van der Waals surface area contributed by atoms with E-state index < -0.39 is 0 Å². The molecule has 0 amide bonds. The molecule has 3 heterocycles. The summed E-state index contributed by atoms with van der Waals surface area (Å²) in [5, 5.41) is 8.73. The molecule has 120 valence electrons. The molecule has 0 atom stereocenters. The first-order valence-electron chi connectivity index (χ1n) is 7.09. The minimum absolute atomic E-state index is 0.0347. The zero-order chi connectivity index (χ0) is 16.9. The molecule has 0 bridgehead atoms. The molecular weight excluding hydrogens is 306 g/mol. The van der Waals surface area contributed by atoms with Crippen molar-refractivity contribution in [1.82, 2.24) is 15.0 Å². The molecule has 0 saturated heterocycles. The van der Waals surface area contributed by atoms with Gasteiger partial charge in [0.1, 0.15) is 5.52 Å². The maximum atomic E-state index is 8.73. The van der Waals surface area contributed by atoms with Gasteiger partial charge in [0, 0.05) is 24.1 Å². The van der Waals surface area contributed by atoms with Crippen LogP contribution in [-0.2, 0) is 0 Å². The lowest BCUT2D eigenvalue weighted by atomic mass is 10.2. The van der Waals surface area contributed by atoms with Crippen LogP contribution in [0.1, 0.15) is 0 Å². The Morgan fingerprint density at radius 2 is 1.62 bits per heavy atom. The van der Waals surface area contributed by atoms with Crippen molar-refractivity contribution in [1.29, 1.82) is 0 Å². The average molecular weight is 321 g/mol. The smallest absolute Gasteiger partial charge is 0.229 e. The number of rotatable bonds is 1. The molecule has 7 heteroatoms. The van der Waals surface area contributed by atoms with Crippen LogP contribution in [0.5, 0.6) is 5.75 Å². The number of nitrogen functional groups attached to an aromatic ring is 2. The number of para-hydroxylation sites is 1. The Hall–Kier alpha value is -3.61. The van der Waals surface area contributed by atoms with Gasteiger partial charge in [-0.2, -0.15) is 0 Å². The van der Waals surface area contributed by atoms with Crippen molar-refractivity contribution in [3.05, 3.63) is 61.2 Å². The van der Waals surface area contributed by atoms with E-state index in [0.717, 1.165) is 11.1 Å². The third-order valence-corrected chi connectivity index (χ3v) is 3.21. The summed E-state index contributed by atoms with van der Waals surface area (Å²) in [4.78, 5) is 11.9. The number of pyridine rings is 2. The number of benzene rings is 1. The van der Waals surface area contributed by atoms with Crippen molar-refractivity contribution in [2.24, 2.45) is 0 Å². The molecule has 4 aromatic rings. The second kappa shape index (κ2) is 6.66. The van der Waals surface area contributed by atoms with Crippen LogP contribution < -0.4 is 11.5 Å². The highest BCUT2D eigenvalue weighted by molar-refractivity contribution is 5.78. The number of oxazole rings is 1. The van der Waals surface area contributed by atoms with Gasteiger partial charge in [0.2, 0.25) is 5.89 Å². The second-order valence-corrected chi connectivity index (χ2v) is 4.88. The molecule has 5 N–H and O–H groups in total. The number of anilines is 2. The van der Waals surface area contributed by atoms with Crippen molar-refractivity contribution >= 4 is 22.5 Å². The summed E-state index contributed by atoms with van der Waals surface area (Å²) >= 11 is 0. The summed E-state index contributed by atoms with van der Waals surface area (Å²) in [7, 11) is 0. The number of hydrogen-bond donors (Lipinski definition) is 3. The summed E-state index contributed by atoms with van der Waals surface area (Å²) in [6, 6.07) is 10.8. The van der Waals surface area contributed by atoms with Crippen molar-refractivity contribution in [3.8, 4) is 17.2 Å². The van der Waals surface area contributed by atoms with Crippen LogP contribution >= 0.6 is 0 Å². The molecule has 0 fully saturated rings. The molecule has 0 saturated carbocycles. The summed E-state index contributed by atoms with van der Waals surface area (Å²) in [6.07, 6.45) is 6.16. The van der Waals surface area contributed by atoms with E-state index in [1.54, 1.807) is 18.5 Å². The molecule has 3 aromatic heterocycles. The number of nitrogens with two attached hydrogens (primary N) is 2. The molecule has 1 aromatic carbocycles. The Morgan fingerprint density at radius 3 is 2.29 bits per heavy atom. The van der Waals surface area contributed by atoms with Crippen LogP contribution in [0.15, 0.2) is 65.6 Å². The molecule has 0 aliphatic rings. The second-order valence-electron chi connectivity index (χ2n) is 4.88. The van der Waals surface area contributed by atoms with E-state index in [1.807, 2.05) is 24.3 Å². The standard InChI is InChI=1S/C12H9N3O.C5H6N2O/c13-9-4-2-1-3-8(9)12-15-10-7-14-6-5-11(10)16-12;6-4-1-2-7-3-5(4)8/h1-7H,13H2;1-3,8H,(H2,6,7). The molecule has 24 heavy (non-hydrogen) atoms. The Morgan fingerprint density at radius 1 is 0.875 bits per heavy atom. The lowest BCUT2D eigenvalue weighted by Crippen LogP contribution is -1.88. The Balaban J connectivity index is 0.000000179. The van der Waals surface area contributed by atoms with Crippen molar-refractivity contribution < 1.29 is 9.52 Å². The molecule has 0 aliphatic heterocycles. The van der Waals surface area contributed by atoms with E-state index >= 15 is 0 Å². The van der Waals surface area contributed by atoms with Crippen LogP contribution in [-0.4, -0.2) is 20.1 Å². The fourth-order valence-electron chi connectivity index (χ4n) is 1.98. The summed E-state index contributed by atoms with van der Waals surface area (Å²) in [5.41, 5.74) is 14.4. The van der Waals surface area contributed by atoms with Gasteiger partial charge in [-0.3, -0.25) is 9.97 Å². The lowest BCUT2D eigenvalue weighted by molar-refractivity contribution is 0.475. The third-order valence-electron chi connectivity index (χ3n) is 3.21. The van der Waals surface area contributed by atoms with E-state index in [2.05, 4.69) is 15.0 Å². The lowest BCUT2D eigenvalue weighted by Gasteiger charge is -1.98. The zero-order valence-electron chi connectivity index (χ0n) is 12.6. The van der Waals surface area contributed by atoms with Crippen molar-refractivity contribution in [2.45, 2.75) is 0 Å². The van der Waals surface area contributed by atoms with Crippen molar-refractivity contribution in [3.63, 3.8) is 0 Å². The van der Waals surface area contributed by atoms with E-state index in [1.165, 1.54) is 18.5 Å². The average Bonchev–Trinajstić information content (AvgIpc) is 3.02. The van der Waals surface area contributed by atoms with Crippen LogP contribution in [0, 0.1) is 0 Å². The van der Waals surface area contributed by atoms with E-state index in [0.29, 0.717) is 22.8 Å².